The molecule has 0 radical (unpaired) electrons. The molecule has 1 aromatic heterocycles. The summed E-state index contributed by atoms with van der Waals surface area (Å²) < 4.78 is 30.5. The SMILES string of the molecule is CS(=O)(=O)c1ccc(COc2ccc(-c3cn(C(=O)NC[C@H]4C[C@@H](c5ccccc5)C4)cn3)cc2)cc1. The Hall–Kier alpha value is -3.91. The topological polar surface area (TPSA) is 90.3 Å². The van der Waals surface area contributed by atoms with E-state index in [9.17, 15) is 13.2 Å². The fourth-order valence-electron chi connectivity index (χ4n) is 4.53. The average Bonchev–Trinajstić information content (AvgIpc) is 3.38. The molecule has 0 unspecified atom stereocenters. The first-order valence-corrected chi connectivity index (χ1v) is 14.1. The van der Waals surface area contributed by atoms with Crippen LogP contribution < -0.4 is 10.1 Å². The molecule has 0 aliphatic heterocycles. The second-order valence-electron chi connectivity index (χ2n) is 9.53. The minimum atomic E-state index is -3.21. The van der Waals surface area contributed by atoms with Gasteiger partial charge in [0.2, 0.25) is 0 Å². The number of ether oxygens (including phenoxy) is 1. The van der Waals surface area contributed by atoms with Crippen LogP contribution in [0.15, 0.2) is 96.3 Å². The zero-order valence-electron chi connectivity index (χ0n) is 20.6. The molecule has 1 saturated carbocycles. The zero-order chi connectivity index (χ0) is 25.8. The maximum absolute atomic E-state index is 12.6. The molecule has 3 aromatic carbocycles. The van der Waals surface area contributed by atoms with Crippen molar-refractivity contribution in [1.29, 1.82) is 0 Å². The second kappa shape index (κ2) is 10.6. The van der Waals surface area contributed by atoms with E-state index in [1.165, 1.54) is 22.7 Å². The Morgan fingerprint density at radius 1 is 1.00 bits per heavy atom. The van der Waals surface area contributed by atoms with Gasteiger partial charge in [-0.25, -0.2) is 18.2 Å². The predicted octanol–water partition coefficient (Wildman–Crippen LogP) is 5.28. The van der Waals surface area contributed by atoms with E-state index in [1.54, 1.807) is 30.5 Å². The monoisotopic (exact) mass is 515 g/mol. The van der Waals surface area contributed by atoms with Gasteiger partial charge in [0.15, 0.2) is 9.84 Å². The lowest BCUT2D eigenvalue weighted by molar-refractivity contribution is 0.225. The van der Waals surface area contributed by atoms with Gasteiger partial charge >= 0.3 is 6.03 Å². The van der Waals surface area contributed by atoms with E-state index in [0.29, 0.717) is 36.4 Å². The summed E-state index contributed by atoms with van der Waals surface area (Å²) in [7, 11) is -3.21. The third-order valence-corrected chi connectivity index (χ3v) is 7.90. The van der Waals surface area contributed by atoms with Gasteiger partial charge in [0.25, 0.3) is 0 Å². The molecule has 0 bridgehead atoms. The van der Waals surface area contributed by atoms with Crippen LogP contribution in [0.4, 0.5) is 4.79 Å². The molecular weight excluding hydrogens is 486 g/mol. The number of benzene rings is 3. The number of nitrogens with zero attached hydrogens (tertiary/aromatic N) is 2. The van der Waals surface area contributed by atoms with Crippen LogP contribution in [0.1, 0.15) is 29.9 Å². The number of hydrogen-bond acceptors (Lipinski definition) is 5. The molecule has 0 atom stereocenters. The summed E-state index contributed by atoms with van der Waals surface area (Å²) in [5.74, 6) is 1.78. The zero-order valence-corrected chi connectivity index (χ0v) is 21.4. The summed E-state index contributed by atoms with van der Waals surface area (Å²) in [6, 6.07) is 24.5. The summed E-state index contributed by atoms with van der Waals surface area (Å²) in [6.07, 6.45) is 6.64. The number of imidazole rings is 1. The van der Waals surface area contributed by atoms with Gasteiger partial charge in [0, 0.05) is 24.6 Å². The number of amides is 1. The standard InChI is InChI=1S/C29H29N3O4S/c1-37(34,35)27-13-7-21(8-14-27)19-36-26-11-9-24(10-12-26)28-18-32(20-31-28)29(33)30-17-22-15-25(16-22)23-5-3-2-4-6-23/h2-14,18,20,22,25H,15-17,19H2,1H3,(H,30,33)/t22-,25+. The molecule has 37 heavy (non-hydrogen) atoms. The van der Waals surface area contributed by atoms with E-state index in [4.69, 9.17) is 4.74 Å². The highest BCUT2D eigenvalue weighted by atomic mass is 32.2. The van der Waals surface area contributed by atoms with Crippen molar-refractivity contribution in [1.82, 2.24) is 14.9 Å². The number of hydrogen-bond donors (Lipinski definition) is 1. The first kappa shape index (κ1) is 24.8. The third kappa shape index (κ3) is 6.09. The fraction of sp³-hybridized carbons (Fsp3) is 0.241. The lowest BCUT2D eigenvalue weighted by atomic mass is 9.71. The summed E-state index contributed by atoms with van der Waals surface area (Å²) >= 11 is 0. The molecule has 4 aromatic rings. The van der Waals surface area contributed by atoms with Crippen molar-refractivity contribution in [3.63, 3.8) is 0 Å². The lowest BCUT2D eigenvalue weighted by Gasteiger charge is -2.35. The molecular formula is C29H29N3O4S. The van der Waals surface area contributed by atoms with Crippen molar-refractivity contribution in [3.8, 4) is 17.0 Å². The first-order valence-electron chi connectivity index (χ1n) is 12.2. The van der Waals surface area contributed by atoms with Crippen molar-refractivity contribution in [2.45, 2.75) is 30.3 Å². The summed E-state index contributed by atoms with van der Waals surface area (Å²) in [4.78, 5) is 17.3. The van der Waals surface area contributed by atoms with Crippen molar-refractivity contribution in [2.75, 3.05) is 12.8 Å². The highest BCUT2D eigenvalue weighted by molar-refractivity contribution is 7.90. The summed E-state index contributed by atoms with van der Waals surface area (Å²) in [6.45, 7) is 0.990. The van der Waals surface area contributed by atoms with Crippen LogP contribution in [0.3, 0.4) is 0 Å². The Morgan fingerprint density at radius 2 is 1.70 bits per heavy atom. The number of carbonyl (C=O) groups is 1. The van der Waals surface area contributed by atoms with Crippen LogP contribution in [0.5, 0.6) is 5.75 Å². The number of nitrogens with one attached hydrogen (secondary N) is 1. The molecule has 1 aliphatic rings. The van der Waals surface area contributed by atoms with E-state index < -0.39 is 9.84 Å². The smallest absolute Gasteiger partial charge is 0.326 e. The molecule has 190 valence electrons. The number of carbonyl (C=O) groups excluding carboxylic acids is 1. The van der Waals surface area contributed by atoms with Crippen molar-refractivity contribution in [2.24, 2.45) is 5.92 Å². The number of aromatic nitrogens is 2. The number of sulfone groups is 1. The van der Waals surface area contributed by atoms with Crippen molar-refractivity contribution < 1.29 is 17.9 Å². The van der Waals surface area contributed by atoms with Crippen molar-refractivity contribution in [3.05, 3.63) is 103 Å². The highest BCUT2D eigenvalue weighted by Crippen LogP contribution is 2.41. The molecule has 1 aliphatic carbocycles. The number of rotatable bonds is 8. The summed E-state index contributed by atoms with van der Waals surface area (Å²) in [5, 5.41) is 3.02. The van der Waals surface area contributed by atoms with Gasteiger partial charge in [-0.1, -0.05) is 42.5 Å². The molecule has 8 heteroatoms. The van der Waals surface area contributed by atoms with Gasteiger partial charge in [-0.3, -0.25) is 4.57 Å². The van der Waals surface area contributed by atoms with Crippen LogP contribution >= 0.6 is 0 Å². The molecule has 1 heterocycles. The van der Waals surface area contributed by atoms with Gasteiger partial charge in [-0.2, -0.15) is 0 Å². The van der Waals surface area contributed by atoms with Gasteiger partial charge in [-0.15, -0.1) is 0 Å². The third-order valence-electron chi connectivity index (χ3n) is 6.77. The Morgan fingerprint density at radius 3 is 2.38 bits per heavy atom. The Labute approximate surface area is 217 Å². The quantitative estimate of drug-likeness (QED) is 0.345. The van der Waals surface area contributed by atoms with E-state index in [0.717, 1.165) is 24.0 Å². The van der Waals surface area contributed by atoms with Gasteiger partial charge in [0.05, 0.1) is 10.6 Å². The molecule has 0 saturated heterocycles. The van der Waals surface area contributed by atoms with E-state index in [2.05, 4.69) is 34.6 Å². The minimum Gasteiger partial charge on any atom is -0.489 e. The van der Waals surface area contributed by atoms with Crippen LogP contribution in [0.25, 0.3) is 11.3 Å². The Kier molecular flexibility index (Phi) is 7.10. The van der Waals surface area contributed by atoms with Crippen LogP contribution in [-0.4, -0.2) is 36.8 Å². The predicted molar refractivity (Wildman–Crippen MR) is 142 cm³/mol. The van der Waals surface area contributed by atoms with Crippen molar-refractivity contribution >= 4 is 15.9 Å². The van der Waals surface area contributed by atoms with E-state index in [1.807, 2.05) is 30.3 Å². The maximum Gasteiger partial charge on any atom is 0.326 e. The first-order chi connectivity index (χ1) is 17.8. The second-order valence-corrected chi connectivity index (χ2v) is 11.5. The van der Waals surface area contributed by atoms with Gasteiger partial charge < -0.3 is 10.1 Å². The molecule has 1 N–H and O–H groups in total. The van der Waals surface area contributed by atoms with E-state index >= 15 is 0 Å². The molecule has 5 rings (SSSR count). The van der Waals surface area contributed by atoms with E-state index in [-0.39, 0.29) is 10.9 Å². The minimum absolute atomic E-state index is 0.177. The molecule has 7 nitrogen and oxygen atoms in total. The van der Waals surface area contributed by atoms with Crippen LogP contribution in [-0.2, 0) is 16.4 Å². The average molecular weight is 516 g/mol. The Balaban J connectivity index is 1.10. The van der Waals surface area contributed by atoms with Gasteiger partial charge in [0.1, 0.15) is 18.7 Å². The van der Waals surface area contributed by atoms with Gasteiger partial charge in [-0.05, 0) is 72.2 Å². The normalized spacial score (nSPS) is 17.1. The summed E-state index contributed by atoms with van der Waals surface area (Å²) in [5.41, 5.74) is 3.83. The lowest BCUT2D eigenvalue weighted by Crippen LogP contribution is -2.37. The van der Waals surface area contributed by atoms with Crippen LogP contribution in [0.2, 0.25) is 0 Å². The molecule has 1 fully saturated rings. The Bertz CT molecular complexity index is 1460. The maximum atomic E-state index is 12.6. The fourth-order valence-corrected chi connectivity index (χ4v) is 5.16. The van der Waals surface area contributed by atoms with Crippen LogP contribution in [0, 0.1) is 5.92 Å². The molecule has 1 amide bonds. The highest BCUT2D eigenvalue weighted by Gasteiger charge is 2.30. The largest absolute Gasteiger partial charge is 0.489 e. The molecule has 0 spiro atoms.